The number of hydrogen-bond donors (Lipinski definition) is 2. The van der Waals surface area contributed by atoms with E-state index in [1.165, 1.54) is 37.9 Å². The van der Waals surface area contributed by atoms with Crippen molar-refractivity contribution >= 4 is 11.7 Å². The molecule has 0 aromatic carbocycles. The van der Waals surface area contributed by atoms with Crippen molar-refractivity contribution in [2.75, 3.05) is 18.9 Å². The second-order valence-electron chi connectivity index (χ2n) is 4.97. The summed E-state index contributed by atoms with van der Waals surface area (Å²) >= 11 is 0. The van der Waals surface area contributed by atoms with Crippen molar-refractivity contribution in [2.24, 2.45) is 5.92 Å². The highest BCUT2D eigenvalue weighted by Crippen LogP contribution is 2.26. The zero-order valence-corrected chi connectivity index (χ0v) is 11.2. The SMILES string of the molecule is CNc1nccc(C(=O)NCCC2CCCC2)c1F. The molecular weight excluding hydrogens is 245 g/mol. The van der Waals surface area contributed by atoms with Gasteiger partial charge in [0.05, 0.1) is 5.56 Å². The predicted molar refractivity (Wildman–Crippen MR) is 72.6 cm³/mol. The summed E-state index contributed by atoms with van der Waals surface area (Å²) in [5.41, 5.74) is 0.0470. The molecule has 1 aliphatic rings. The molecule has 2 rings (SSSR count). The number of nitrogens with zero attached hydrogens (tertiary/aromatic N) is 1. The van der Waals surface area contributed by atoms with Crippen LogP contribution in [0, 0.1) is 11.7 Å². The second kappa shape index (κ2) is 6.50. The Morgan fingerprint density at radius 3 is 2.89 bits per heavy atom. The topological polar surface area (TPSA) is 54.0 Å². The lowest BCUT2D eigenvalue weighted by Crippen LogP contribution is -2.26. The number of carbonyl (C=O) groups excluding carboxylic acids is 1. The third-order valence-electron chi connectivity index (χ3n) is 3.68. The van der Waals surface area contributed by atoms with Crippen LogP contribution in [0.25, 0.3) is 0 Å². The van der Waals surface area contributed by atoms with E-state index in [0.717, 1.165) is 12.3 Å². The quantitative estimate of drug-likeness (QED) is 0.860. The van der Waals surface area contributed by atoms with Crippen molar-refractivity contribution in [3.05, 3.63) is 23.6 Å². The lowest BCUT2D eigenvalue weighted by Gasteiger charge is -2.11. The van der Waals surface area contributed by atoms with Crippen LogP contribution in [0.3, 0.4) is 0 Å². The normalized spacial score (nSPS) is 15.5. The van der Waals surface area contributed by atoms with Gasteiger partial charge >= 0.3 is 0 Å². The van der Waals surface area contributed by atoms with Crippen LogP contribution >= 0.6 is 0 Å². The molecule has 0 aliphatic heterocycles. The fourth-order valence-corrected chi connectivity index (χ4v) is 2.58. The van der Waals surface area contributed by atoms with Crippen molar-refractivity contribution < 1.29 is 9.18 Å². The molecule has 0 spiro atoms. The molecule has 4 nitrogen and oxygen atoms in total. The first-order valence-electron chi connectivity index (χ1n) is 6.83. The summed E-state index contributed by atoms with van der Waals surface area (Å²) in [6, 6.07) is 1.40. The summed E-state index contributed by atoms with van der Waals surface area (Å²) in [6.45, 7) is 0.611. The Morgan fingerprint density at radius 1 is 1.47 bits per heavy atom. The van der Waals surface area contributed by atoms with E-state index in [4.69, 9.17) is 0 Å². The number of hydrogen-bond acceptors (Lipinski definition) is 3. The highest BCUT2D eigenvalue weighted by atomic mass is 19.1. The van der Waals surface area contributed by atoms with E-state index in [1.807, 2.05) is 0 Å². The zero-order valence-electron chi connectivity index (χ0n) is 11.2. The van der Waals surface area contributed by atoms with Gasteiger partial charge in [0.2, 0.25) is 0 Å². The number of rotatable bonds is 5. The van der Waals surface area contributed by atoms with E-state index in [0.29, 0.717) is 6.54 Å². The fourth-order valence-electron chi connectivity index (χ4n) is 2.58. The molecular formula is C14H20FN3O. The van der Waals surface area contributed by atoms with Gasteiger partial charge in [-0.15, -0.1) is 0 Å². The Hall–Kier alpha value is -1.65. The average molecular weight is 265 g/mol. The molecule has 0 atom stereocenters. The molecule has 0 saturated heterocycles. The summed E-state index contributed by atoms with van der Waals surface area (Å²) < 4.78 is 13.9. The Balaban J connectivity index is 1.88. The number of aromatic nitrogens is 1. The minimum Gasteiger partial charge on any atom is -0.371 e. The first kappa shape index (κ1) is 13.8. The number of carbonyl (C=O) groups is 1. The minimum atomic E-state index is -0.594. The van der Waals surface area contributed by atoms with Crippen LogP contribution in [0.15, 0.2) is 12.3 Å². The van der Waals surface area contributed by atoms with Gasteiger partial charge in [-0.05, 0) is 18.4 Å². The van der Waals surface area contributed by atoms with Gasteiger partial charge in [-0.1, -0.05) is 25.7 Å². The minimum absolute atomic E-state index is 0.0470. The maximum Gasteiger partial charge on any atom is 0.254 e. The van der Waals surface area contributed by atoms with Crippen molar-refractivity contribution in [2.45, 2.75) is 32.1 Å². The van der Waals surface area contributed by atoms with Crippen LogP contribution in [0.1, 0.15) is 42.5 Å². The van der Waals surface area contributed by atoms with E-state index < -0.39 is 5.82 Å². The van der Waals surface area contributed by atoms with Crippen molar-refractivity contribution in [3.8, 4) is 0 Å². The van der Waals surface area contributed by atoms with Gasteiger partial charge in [0.15, 0.2) is 11.6 Å². The zero-order chi connectivity index (χ0) is 13.7. The monoisotopic (exact) mass is 265 g/mol. The number of anilines is 1. The van der Waals surface area contributed by atoms with Gasteiger partial charge in [-0.2, -0.15) is 0 Å². The third kappa shape index (κ3) is 3.43. The van der Waals surface area contributed by atoms with E-state index in [9.17, 15) is 9.18 Å². The summed E-state index contributed by atoms with van der Waals surface area (Å²) in [5.74, 6) is -0.142. The van der Waals surface area contributed by atoms with Crippen LogP contribution in [0.2, 0.25) is 0 Å². The number of pyridine rings is 1. The molecule has 0 bridgehead atoms. The Kier molecular flexibility index (Phi) is 4.71. The van der Waals surface area contributed by atoms with Crippen LogP contribution in [0.4, 0.5) is 10.2 Å². The Morgan fingerprint density at radius 2 is 2.21 bits per heavy atom. The predicted octanol–water partition coefficient (Wildman–Crippen LogP) is 2.57. The average Bonchev–Trinajstić information content (AvgIpc) is 2.92. The second-order valence-corrected chi connectivity index (χ2v) is 4.97. The van der Waals surface area contributed by atoms with Crippen LogP contribution < -0.4 is 10.6 Å². The first-order chi connectivity index (χ1) is 9.22. The maximum atomic E-state index is 13.9. The standard InChI is InChI=1S/C14H20FN3O/c1-16-13-12(15)11(7-9-17-13)14(19)18-8-6-10-4-2-3-5-10/h7,9-10H,2-6,8H2,1H3,(H,16,17)(H,18,19). The number of halogens is 1. The molecule has 0 radical (unpaired) electrons. The van der Waals surface area contributed by atoms with Crippen molar-refractivity contribution in [1.82, 2.24) is 10.3 Å². The van der Waals surface area contributed by atoms with Gasteiger partial charge in [-0.25, -0.2) is 9.37 Å². The molecule has 1 aromatic rings. The number of nitrogens with one attached hydrogen (secondary N) is 2. The van der Waals surface area contributed by atoms with E-state index in [2.05, 4.69) is 15.6 Å². The molecule has 1 heterocycles. The molecule has 1 aliphatic carbocycles. The molecule has 5 heteroatoms. The largest absolute Gasteiger partial charge is 0.371 e. The molecule has 1 saturated carbocycles. The van der Waals surface area contributed by atoms with Gasteiger partial charge in [0.1, 0.15) is 0 Å². The van der Waals surface area contributed by atoms with E-state index in [-0.39, 0.29) is 17.3 Å². The Bertz CT molecular complexity index is 444. The smallest absolute Gasteiger partial charge is 0.254 e. The molecule has 1 amide bonds. The summed E-state index contributed by atoms with van der Waals surface area (Å²) in [4.78, 5) is 15.7. The molecule has 19 heavy (non-hydrogen) atoms. The Labute approximate surface area is 112 Å². The lowest BCUT2D eigenvalue weighted by molar-refractivity contribution is 0.0947. The molecule has 1 fully saturated rings. The van der Waals surface area contributed by atoms with Gasteiger partial charge in [-0.3, -0.25) is 4.79 Å². The molecule has 104 valence electrons. The van der Waals surface area contributed by atoms with Crippen molar-refractivity contribution in [3.63, 3.8) is 0 Å². The highest BCUT2D eigenvalue weighted by molar-refractivity contribution is 5.95. The summed E-state index contributed by atoms with van der Waals surface area (Å²) in [7, 11) is 1.58. The van der Waals surface area contributed by atoms with E-state index >= 15 is 0 Å². The van der Waals surface area contributed by atoms with Crippen LogP contribution in [0.5, 0.6) is 0 Å². The van der Waals surface area contributed by atoms with E-state index in [1.54, 1.807) is 7.05 Å². The van der Waals surface area contributed by atoms with Crippen LogP contribution in [-0.2, 0) is 0 Å². The first-order valence-corrected chi connectivity index (χ1v) is 6.83. The number of amides is 1. The highest BCUT2D eigenvalue weighted by Gasteiger charge is 2.17. The third-order valence-corrected chi connectivity index (χ3v) is 3.68. The molecule has 2 N–H and O–H groups in total. The fraction of sp³-hybridized carbons (Fsp3) is 0.571. The molecule has 0 unspecified atom stereocenters. The van der Waals surface area contributed by atoms with Gasteiger partial charge in [0.25, 0.3) is 5.91 Å². The summed E-state index contributed by atoms with van der Waals surface area (Å²) in [6.07, 6.45) is 7.51. The van der Waals surface area contributed by atoms with Gasteiger partial charge in [0, 0.05) is 19.8 Å². The van der Waals surface area contributed by atoms with Crippen molar-refractivity contribution in [1.29, 1.82) is 0 Å². The van der Waals surface area contributed by atoms with Gasteiger partial charge < -0.3 is 10.6 Å². The molecule has 1 aromatic heterocycles. The lowest BCUT2D eigenvalue weighted by atomic mass is 10.0. The summed E-state index contributed by atoms with van der Waals surface area (Å²) in [5, 5.41) is 5.41. The van der Waals surface area contributed by atoms with Crippen LogP contribution in [-0.4, -0.2) is 24.5 Å². The maximum absolute atomic E-state index is 13.9.